The molecule has 0 amide bonds. The zero-order valence-electron chi connectivity index (χ0n) is 11.0. The van der Waals surface area contributed by atoms with Crippen molar-refractivity contribution in [2.75, 3.05) is 0 Å². The van der Waals surface area contributed by atoms with E-state index in [9.17, 15) is 8.78 Å². The van der Waals surface area contributed by atoms with Crippen molar-refractivity contribution < 1.29 is 8.78 Å². The molecule has 0 saturated carbocycles. The molecule has 5 heteroatoms. The number of aromatic nitrogens is 2. The van der Waals surface area contributed by atoms with Gasteiger partial charge in [0.1, 0.15) is 11.6 Å². The monoisotopic (exact) mass is 265 g/mol. The average Bonchev–Trinajstić information content (AvgIpc) is 2.81. The number of nitrogens with zero attached hydrogens (tertiary/aromatic N) is 2. The van der Waals surface area contributed by atoms with Crippen LogP contribution in [0.5, 0.6) is 0 Å². The van der Waals surface area contributed by atoms with Crippen molar-refractivity contribution in [2.24, 2.45) is 0 Å². The summed E-state index contributed by atoms with van der Waals surface area (Å²) in [7, 11) is 0. The molecular formula is C14H17F2N3. The van der Waals surface area contributed by atoms with E-state index in [0.717, 1.165) is 6.07 Å². The van der Waals surface area contributed by atoms with Crippen LogP contribution < -0.4 is 5.32 Å². The Morgan fingerprint density at radius 2 is 2.11 bits per heavy atom. The van der Waals surface area contributed by atoms with Crippen LogP contribution in [0.15, 0.2) is 36.7 Å². The molecular weight excluding hydrogens is 248 g/mol. The van der Waals surface area contributed by atoms with Crippen LogP contribution in [0.2, 0.25) is 0 Å². The third-order valence-corrected chi connectivity index (χ3v) is 2.98. The van der Waals surface area contributed by atoms with Gasteiger partial charge in [-0.2, -0.15) is 5.10 Å². The second-order valence-corrected chi connectivity index (χ2v) is 4.68. The molecule has 0 aliphatic heterocycles. The van der Waals surface area contributed by atoms with Crippen molar-refractivity contribution in [1.29, 1.82) is 0 Å². The molecule has 1 heterocycles. The van der Waals surface area contributed by atoms with E-state index in [1.807, 2.05) is 30.8 Å². The van der Waals surface area contributed by atoms with E-state index in [1.54, 1.807) is 6.20 Å². The number of hydrogen-bond donors (Lipinski definition) is 1. The van der Waals surface area contributed by atoms with Gasteiger partial charge in [0.05, 0.1) is 6.54 Å². The lowest BCUT2D eigenvalue weighted by Crippen LogP contribution is -2.33. The molecule has 2 unspecified atom stereocenters. The summed E-state index contributed by atoms with van der Waals surface area (Å²) in [6.07, 6.45) is 3.59. The summed E-state index contributed by atoms with van der Waals surface area (Å²) in [6, 6.07) is 5.45. The van der Waals surface area contributed by atoms with Crippen LogP contribution >= 0.6 is 0 Å². The Bertz CT molecular complexity index is 525. The zero-order chi connectivity index (χ0) is 13.8. The van der Waals surface area contributed by atoms with E-state index in [1.165, 1.54) is 12.1 Å². The fourth-order valence-electron chi connectivity index (χ4n) is 2.11. The van der Waals surface area contributed by atoms with Gasteiger partial charge in [-0.15, -0.1) is 0 Å². The number of nitrogens with one attached hydrogen (secondary N) is 1. The number of hydrogen-bond acceptors (Lipinski definition) is 2. The molecule has 0 bridgehead atoms. The van der Waals surface area contributed by atoms with Gasteiger partial charge in [-0.1, -0.05) is 6.07 Å². The molecule has 0 saturated heterocycles. The van der Waals surface area contributed by atoms with Crippen molar-refractivity contribution in [3.63, 3.8) is 0 Å². The molecule has 2 rings (SSSR count). The minimum Gasteiger partial charge on any atom is -0.306 e. The molecule has 1 aromatic heterocycles. The van der Waals surface area contributed by atoms with Gasteiger partial charge < -0.3 is 5.32 Å². The lowest BCUT2D eigenvalue weighted by Gasteiger charge is -2.20. The van der Waals surface area contributed by atoms with E-state index in [2.05, 4.69) is 10.4 Å². The Morgan fingerprint density at radius 3 is 2.74 bits per heavy atom. The van der Waals surface area contributed by atoms with E-state index < -0.39 is 11.6 Å². The van der Waals surface area contributed by atoms with Gasteiger partial charge in [-0.3, -0.25) is 4.68 Å². The summed E-state index contributed by atoms with van der Waals surface area (Å²) in [6.45, 7) is 4.55. The van der Waals surface area contributed by atoms with E-state index >= 15 is 0 Å². The van der Waals surface area contributed by atoms with Crippen LogP contribution in [0.25, 0.3) is 0 Å². The van der Waals surface area contributed by atoms with Crippen LogP contribution in [0.1, 0.15) is 25.5 Å². The maximum Gasteiger partial charge on any atom is 0.130 e. The minimum atomic E-state index is -0.557. The van der Waals surface area contributed by atoms with E-state index in [4.69, 9.17) is 0 Å². The normalized spacial score (nSPS) is 14.3. The molecule has 0 fully saturated rings. The largest absolute Gasteiger partial charge is 0.306 e. The number of rotatable bonds is 5. The van der Waals surface area contributed by atoms with Gasteiger partial charge in [0, 0.05) is 36.1 Å². The van der Waals surface area contributed by atoms with Crippen LogP contribution in [0.4, 0.5) is 8.78 Å². The van der Waals surface area contributed by atoms with Crippen LogP contribution in [0.3, 0.4) is 0 Å². The summed E-state index contributed by atoms with van der Waals surface area (Å²) in [5.41, 5.74) is 0.466. The maximum atomic E-state index is 13.6. The predicted molar refractivity (Wildman–Crippen MR) is 69.6 cm³/mol. The smallest absolute Gasteiger partial charge is 0.130 e. The number of benzene rings is 1. The number of halogens is 2. The summed E-state index contributed by atoms with van der Waals surface area (Å²) >= 11 is 0. The Labute approximate surface area is 111 Å². The third kappa shape index (κ3) is 3.61. The lowest BCUT2D eigenvalue weighted by molar-refractivity contribution is 0.405. The molecule has 19 heavy (non-hydrogen) atoms. The van der Waals surface area contributed by atoms with E-state index in [-0.39, 0.29) is 12.1 Å². The molecule has 0 radical (unpaired) electrons. The summed E-state index contributed by atoms with van der Waals surface area (Å²) in [4.78, 5) is 0. The maximum absolute atomic E-state index is 13.6. The first-order valence-corrected chi connectivity index (χ1v) is 6.24. The van der Waals surface area contributed by atoms with Crippen LogP contribution in [-0.2, 0) is 6.54 Å². The van der Waals surface area contributed by atoms with Gasteiger partial charge in [0.2, 0.25) is 0 Å². The highest BCUT2D eigenvalue weighted by Crippen LogP contribution is 2.18. The quantitative estimate of drug-likeness (QED) is 0.901. The Kier molecular flexibility index (Phi) is 4.27. The Balaban J connectivity index is 1.98. The van der Waals surface area contributed by atoms with Gasteiger partial charge in [0.25, 0.3) is 0 Å². The van der Waals surface area contributed by atoms with Gasteiger partial charge in [-0.05, 0) is 26.0 Å². The molecule has 0 aliphatic carbocycles. The van der Waals surface area contributed by atoms with Crippen molar-refractivity contribution >= 4 is 0 Å². The Hall–Kier alpha value is -1.75. The average molecular weight is 265 g/mol. The molecule has 0 spiro atoms. The first-order valence-electron chi connectivity index (χ1n) is 6.24. The first-order chi connectivity index (χ1) is 9.06. The fraction of sp³-hybridized carbons (Fsp3) is 0.357. The fourth-order valence-corrected chi connectivity index (χ4v) is 2.11. The minimum absolute atomic E-state index is 0.124. The molecule has 3 nitrogen and oxygen atoms in total. The molecule has 1 N–H and O–H groups in total. The topological polar surface area (TPSA) is 29.9 Å². The molecule has 2 aromatic rings. The highest BCUT2D eigenvalue weighted by Gasteiger charge is 2.14. The summed E-state index contributed by atoms with van der Waals surface area (Å²) in [5.74, 6) is -1.08. The summed E-state index contributed by atoms with van der Waals surface area (Å²) in [5, 5.41) is 7.39. The van der Waals surface area contributed by atoms with Gasteiger partial charge in [0.15, 0.2) is 0 Å². The van der Waals surface area contributed by atoms with Gasteiger partial charge >= 0.3 is 0 Å². The molecule has 102 valence electrons. The molecule has 2 atom stereocenters. The molecule has 0 aliphatic rings. The highest BCUT2D eigenvalue weighted by molar-refractivity contribution is 5.21. The lowest BCUT2D eigenvalue weighted by atomic mass is 10.1. The van der Waals surface area contributed by atoms with Crippen molar-refractivity contribution in [3.8, 4) is 0 Å². The van der Waals surface area contributed by atoms with Crippen LogP contribution in [-0.4, -0.2) is 15.8 Å². The molecule has 1 aromatic carbocycles. The third-order valence-electron chi connectivity index (χ3n) is 2.98. The second-order valence-electron chi connectivity index (χ2n) is 4.68. The predicted octanol–water partition coefficient (Wildman–Crippen LogP) is 2.90. The standard InChI is InChI=1S/C14H17F2N3/c1-10(9-19-7-3-6-17-19)18-11(2)13-5-4-12(15)8-14(13)16/h3-8,10-11,18H,9H2,1-2H3. The zero-order valence-corrected chi connectivity index (χ0v) is 11.0. The Morgan fingerprint density at radius 1 is 1.32 bits per heavy atom. The van der Waals surface area contributed by atoms with Crippen molar-refractivity contribution in [3.05, 3.63) is 53.9 Å². The van der Waals surface area contributed by atoms with E-state index in [0.29, 0.717) is 12.1 Å². The second kappa shape index (κ2) is 5.93. The summed E-state index contributed by atoms with van der Waals surface area (Å²) < 4.78 is 28.3. The highest BCUT2D eigenvalue weighted by atomic mass is 19.1. The first kappa shape index (κ1) is 13.7. The van der Waals surface area contributed by atoms with Crippen LogP contribution in [0, 0.1) is 11.6 Å². The SMILES string of the molecule is CC(Cn1cccn1)NC(C)c1ccc(F)cc1F. The van der Waals surface area contributed by atoms with Crippen molar-refractivity contribution in [2.45, 2.75) is 32.5 Å². The van der Waals surface area contributed by atoms with Crippen molar-refractivity contribution in [1.82, 2.24) is 15.1 Å². The van der Waals surface area contributed by atoms with Gasteiger partial charge in [-0.25, -0.2) is 8.78 Å².